The van der Waals surface area contributed by atoms with Gasteiger partial charge in [0.2, 0.25) is 0 Å². The van der Waals surface area contributed by atoms with Crippen LogP contribution in [0.15, 0.2) is 36.4 Å². The average Bonchev–Trinajstić information content (AvgIpc) is 2.96. The van der Waals surface area contributed by atoms with Crippen LogP contribution in [0.3, 0.4) is 0 Å². The number of carboxylic acids is 1. The number of nitriles is 1. The minimum Gasteiger partial charge on any atom is -0.481 e. The first-order chi connectivity index (χ1) is 10.2. The largest absolute Gasteiger partial charge is 0.481 e. The molecule has 0 bridgehead atoms. The van der Waals surface area contributed by atoms with Crippen molar-refractivity contribution in [3.05, 3.63) is 42.0 Å². The first kappa shape index (κ1) is 13.4. The van der Waals surface area contributed by atoms with Crippen LogP contribution in [-0.2, 0) is 4.79 Å². The molecule has 1 aliphatic carbocycles. The molecular weight excluding hydrogens is 264 g/mol. The Bertz CT molecular complexity index is 733. The van der Waals surface area contributed by atoms with Gasteiger partial charge < -0.3 is 10.4 Å². The summed E-state index contributed by atoms with van der Waals surface area (Å²) in [7, 11) is 0. The molecule has 1 aliphatic rings. The summed E-state index contributed by atoms with van der Waals surface area (Å²) < 4.78 is 0. The number of aliphatic carboxylic acids is 1. The van der Waals surface area contributed by atoms with Crippen molar-refractivity contribution in [2.75, 3.05) is 5.32 Å². The van der Waals surface area contributed by atoms with Gasteiger partial charge in [-0.1, -0.05) is 30.7 Å². The standard InChI is InChI=1S/C17H16N2O2/c18-10-11-8-9-16(13-5-2-1-4-12(11)13)19-15-7-3-6-14(15)17(20)21/h1-2,4-5,8-9,14-15,19H,3,6-7H2,(H,20,21). The Hall–Kier alpha value is -2.54. The molecule has 4 heteroatoms. The molecular formula is C17H16N2O2. The van der Waals surface area contributed by atoms with Crippen molar-refractivity contribution in [3.63, 3.8) is 0 Å². The van der Waals surface area contributed by atoms with Crippen molar-refractivity contribution < 1.29 is 9.90 Å². The van der Waals surface area contributed by atoms with Crippen LogP contribution in [-0.4, -0.2) is 17.1 Å². The van der Waals surface area contributed by atoms with Crippen molar-refractivity contribution in [1.82, 2.24) is 0 Å². The summed E-state index contributed by atoms with van der Waals surface area (Å²) in [6.07, 6.45) is 2.52. The van der Waals surface area contributed by atoms with Gasteiger partial charge in [0.1, 0.15) is 0 Å². The van der Waals surface area contributed by atoms with E-state index in [0.717, 1.165) is 35.7 Å². The fraction of sp³-hybridized carbons (Fsp3) is 0.294. The Morgan fingerprint density at radius 1 is 1.19 bits per heavy atom. The van der Waals surface area contributed by atoms with E-state index < -0.39 is 5.97 Å². The molecule has 2 aromatic rings. The van der Waals surface area contributed by atoms with Crippen molar-refractivity contribution in [1.29, 1.82) is 5.26 Å². The van der Waals surface area contributed by atoms with E-state index in [9.17, 15) is 15.2 Å². The smallest absolute Gasteiger partial charge is 0.308 e. The SMILES string of the molecule is N#Cc1ccc(NC2CCCC2C(=O)O)c2ccccc12. The Labute approximate surface area is 123 Å². The molecule has 0 saturated heterocycles. The second kappa shape index (κ2) is 5.45. The number of rotatable bonds is 3. The lowest BCUT2D eigenvalue weighted by molar-refractivity contribution is -0.141. The summed E-state index contributed by atoms with van der Waals surface area (Å²) in [4.78, 5) is 11.3. The molecule has 1 fully saturated rings. The summed E-state index contributed by atoms with van der Waals surface area (Å²) in [5.41, 5.74) is 1.54. The van der Waals surface area contributed by atoms with E-state index in [4.69, 9.17) is 0 Å². The van der Waals surface area contributed by atoms with Gasteiger partial charge >= 0.3 is 5.97 Å². The van der Waals surface area contributed by atoms with E-state index in [1.807, 2.05) is 30.3 Å². The quantitative estimate of drug-likeness (QED) is 0.904. The molecule has 4 nitrogen and oxygen atoms in total. The number of carboxylic acid groups (broad SMARTS) is 1. The number of hydrogen-bond donors (Lipinski definition) is 2. The maximum absolute atomic E-state index is 11.3. The highest BCUT2D eigenvalue weighted by molar-refractivity contribution is 5.97. The van der Waals surface area contributed by atoms with E-state index >= 15 is 0 Å². The number of nitrogens with zero attached hydrogens (tertiary/aromatic N) is 1. The van der Waals surface area contributed by atoms with E-state index in [0.29, 0.717) is 5.56 Å². The van der Waals surface area contributed by atoms with Crippen molar-refractivity contribution >= 4 is 22.4 Å². The average molecular weight is 280 g/mol. The Kier molecular flexibility index (Phi) is 3.49. The molecule has 0 aliphatic heterocycles. The van der Waals surface area contributed by atoms with Crippen LogP contribution >= 0.6 is 0 Å². The van der Waals surface area contributed by atoms with Crippen LogP contribution in [0, 0.1) is 17.2 Å². The predicted molar refractivity (Wildman–Crippen MR) is 81.1 cm³/mol. The summed E-state index contributed by atoms with van der Waals surface area (Å²) in [6, 6.07) is 13.5. The molecule has 0 amide bonds. The molecule has 3 rings (SSSR count). The zero-order valence-corrected chi connectivity index (χ0v) is 11.5. The Morgan fingerprint density at radius 3 is 2.67 bits per heavy atom. The molecule has 0 spiro atoms. The third kappa shape index (κ3) is 2.43. The predicted octanol–water partition coefficient (Wildman–Crippen LogP) is 3.38. The van der Waals surface area contributed by atoms with Gasteiger partial charge in [-0.3, -0.25) is 4.79 Å². The molecule has 2 N–H and O–H groups in total. The third-order valence-corrected chi connectivity index (χ3v) is 4.22. The van der Waals surface area contributed by atoms with Gasteiger partial charge in [0.05, 0.1) is 17.6 Å². The Morgan fingerprint density at radius 2 is 1.95 bits per heavy atom. The lowest BCUT2D eigenvalue weighted by atomic mass is 10.0. The minimum absolute atomic E-state index is 0.0427. The van der Waals surface area contributed by atoms with Crippen LogP contribution in [0.2, 0.25) is 0 Å². The van der Waals surface area contributed by atoms with Gasteiger partial charge in [-0.2, -0.15) is 5.26 Å². The zero-order valence-electron chi connectivity index (χ0n) is 11.5. The topological polar surface area (TPSA) is 73.1 Å². The normalized spacial score (nSPS) is 21.1. The number of anilines is 1. The first-order valence-corrected chi connectivity index (χ1v) is 7.12. The Balaban J connectivity index is 1.98. The fourth-order valence-corrected chi connectivity index (χ4v) is 3.15. The van der Waals surface area contributed by atoms with Gasteiger partial charge in [-0.15, -0.1) is 0 Å². The first-order valence-electron chi connectivity index (χ1n) is 7.12. The highest BCUT2D eigenvalue weighted by atomic mass is 16.4. The van der Waals surface area contributed by atoms with Crippen molar-refractivity contribution in [2.45, 2.75) is 25.3 Å². The summed E-state index contributed by atoms with van der Waals surface area (Å²) in [5.74, 6) is -1.07. The molecule has 2 aromatic carbocycles. The highest BCUT2D eigenvalue weighted by Crippen LogP contribution is 2.32. The van der Waals surface area contributed by atoms with Gasteiger partial charge in [-0.25, -0.2) is 0 Å². The second-order valence-corrected chi connectivity index (χ2v) is 5.44. The summed E-state index contributed by atoms with van der Waals surface area (Å²) >= 11 is 0. The number of fused-ring (bicyclic) bond motifs is 1. The maximum Gasteiger partial charge on any atom is 0.308 e. The molecule has 21 heavy (non-hydrogen) atoms. The maximum atomic E-state index is 11.3. The lowest BCUT2D eigenvalue weighted by Gasteiger charge is -2.20. The van der Waals surface area contributed by atoms with Crippen LogP contribution in [0.1, 0.15) is 24.8 Å². The molecule has 2 atom stereocenters. The second-order valence-electron chi connectivity index (χ2n) is 5.44. The van der Waals surface area contributed by atoms with E-state index in [2.05, 4.69) is 11.4 Å². The van der Waals surface area contributed by atoms with Gasteiger partial charge in [0.15, 0.2) is 0 Å². The van der Waals surface area contributed by atoms with Gasteiger partial charge in [-0.05, 0) is 25.0 Å². The van der Waals surface area contributed by atoms with E-state index in [1.165, 1.54) is 0 Å². The van der Waals surface area contributed by atoms with Crippen molar-refractivity contribution in [2.24, 2.45) is 5.92 Å². The van der Waals surface area contributed by atoms with E-state index in [1.54, 1.807) is 6.07 Å². The van der Waals surface area contributed by atoms with Crippen LogP contribution in [0.25, 0.3) is 10.8 Å². The number of nitrogens with one attached hydrogen (secondary N) is 1. The fourth-order valence-electron chi connectivity index (χ4n) is 3.15. The van der Waals surface area contributed by atoms with Crippen LogP contribution < -0.4 is 5.32 Å². The van der Waals surface area contributed by atoms with Crippen LogP contribution in [0.4, 0.5) is 5.69 Å². The summed E-state index contributed by atoms with van der Waals surface area (Å²) in [6.45, 7) is 0. The summed E-state index contributed by atoms with van der Waals surface area (Å²) in [5, 5.41) is 23.7. The number of hydrogen-bond acceptors (Lipinski definition) is 3. The lowest BCUT2D eigenvalue weighted by Crippen LogP contribution is -2.29. The van der Waals surface area contributed by atoms with Gasteiger partial charge in [0, 0.05) is 22.5 Å². The van der Waals surface area contributed by atoms with Crippen LogP contribution in [0.5, 0.6) is 0 Å². The third-order valence-electron chi connectivity index (χ3n) is 4.22. The molecule has 2 unspecified atom stereocenters. The zero-order chi connectivity index (χ0) is 14.8. The number of benzene rings is 2. The molecule has 0 radical (unpaired) electrons. The monoisotopic (exact) mass is 280 g/mol. The highest BCUT2D eigenvalue weighted by Gasteiger charge is 2.33. The van der Waals surface area contributed by atoms with Gasteiger partial charge in [0.25, 0.3) is 0 Å². The number of carbonyl (C=O) groups is 1. The molecule has 0 aromatic heterocycles. The van der Waals surface area contributed by atoms with Crippen molar-refractivity contribution in [3.8, 4) is 6.07 Å². The minimum atomic E-state index is -0.733. The molecule has 1 saturated carbocycles. The molecule has 106 valence electrons. The molecule has 0 heterocycles. The van der Waals surface area contributed by atoms with E-state index in [-0.39, 0.29) is 12.0 Å².